The van der Waals surface area contributed by atoms with Crippen LogP contribution in [0.1, 0.15) is 65.4 Å². The van der Waals surface area contributed by atoms with E-state index in [2.05, 4.69) is 61.3 Å². The number of halogens is 2. The minimum atomic E-state index is -0.357. The number of rotatable bonds is 11. The van der Waals surface area contributed by atoms with Crippen molar-refractivity contribution in [3.8, 4) is 11.3 Å². The van der Waals surface area contributed by atoms with Crippen molar-refractivity contribution in [3.63, 3.8) is 0 Å². The molecule has 1 aromatic carbocycles. The lowest BCUT2D eigenvalue weighted by molar-refractivity contribution is 0.172. The Hall–Kier alpha value is -1.27. The van der Waals surface area contributed by atoms with Crippen LogP contribution in [-0.2, 0) is 6.42 Å². The van der Waals surface area contributed by atoms with Gasteiger partial charge in [-0.25, -0.2) is 4.39 Å². The van der Waals surface area contributed by atoms with Crippen LogP contribution in [0.15, 0.2) is 54.2 Å². The molecule has 0 bridgehead atoms. The van der Waals surface area contributed by atoms with E-state index in [4.69, 9.17) is 0 Å². The van der Waals surface area contributed by atoms with Gasteiger partial charge < -0.3 is 5.11 Å². The van der Waals surface area contributed by atoms with Crippen LogP contribution in [0, 0.1) is 11.2 Å². The minimum absolute atomic E-state index is 0.238. The highest BCUT2D eigenvalue weighted by molar-refractivity contribution is 14.1. The second-order valence-electron chi connectivity index (χ2n) is 9.02. The van der Waals surface area contributed by atoms with Gasteiger partial charge in [-0.1, -0.05) is 85.7 Å². The van der Waals surface area contributed by atoms with E-state index in [0.29, 0.717) is 11.8 Å². The van der Waals surface area contributed by atoms with Gasteiger partial charge in [0.1, 0.15) is 5.82 Å². The van der Waals surface area contributed by atoms with Crippen molar-refractivity contribution in [1.29, 1.82) is 0 Å². The molecule has 4 heteroatoms. The molecule has 2 nitrogen and oxygen atoms in total. The summed E-state index contributed by atoms with van der Waals surface area (Å²) in [5.41, 5.74) is 4.66. The summed E-state index contributed by atoms with van der Waals surface area (Å²) in [6.45, 7) is 9.13. The zero-order valence-corrected chi connectivity index (χ0v) is 20.8. The third kappa shape index (κ3) is 8.46. The Bertz CT molecular complexity index is 799. The van der Waals surface area contributed by atoms with Gasteiger partial charge in [-0.3, -0.25) is 4.98 Å². The number of allylic oxidation sites excluding steroid dienone is 2. The second kappa shape index (κ2) is 11.9. The van der Waals surface area contributed by atoms with Gasteiger partial charge in [-0.2, -0.15) is 0 Å². The molecule has 0 saturated carbocycles. The molecule has 1 heterocycles. The molecule has 2 atom stereocenters. The van der Waals surface area contributed by atoms with Gasteiger partial charge in [-0.15, -0.1) is 0 Å². The van der Waals surface area contributed by atoms with Gasteiger partial charge in [0.2, 0.25) is 0 Å². The average molecular weight is 523 g/mol. The summed E-state index contributed by atoms with van der Waals surface area (Å²) in [4.78, 5) is 4.12. The third-order valence-electron chi connectivity index (χ3n) is 5.73. The Balaban J connectivity index is 1.78. The largest absolute Gasteiger partial charge is 0.392 e. The lowest BCUT2D eigenvalue weighted by Gasteiger charge is -2.23. The van der Waals surface area contributed by atoms with Crippen molar-refractivity contribution >= 4 is 22.6 Å². The van der Waals surface area contributed by atoms with E-state index >= 15 is 0 Å². The summed E-state index contributed by atoms with van der Waals surface area (Å²) in [7, 11) is 0. The van der Waals surface area contributed by atoms with Crippen molar-refractivity contribution in [2.45, 2.75) is 76.2 Å². The van der Waals surface area contributed by atoms with Crippen molar-refractivity contribution in [2.75, 3.05) is 0 Å². The first-order valence-corrected chi connectivity index (χ1v) is 12.1. The van der Waals surface area contributed by atoms with Gasteiger partial charge in [0, 0.05) is 9.49 Å². The predicted molar refractivity (Wildman–Crippen MR) is 133 cm³/mol. The number of pyridine rings is 1. The van der Waals surface area contributed by atoms with E-state index in [1.165, 1.54) is 24.3 Å². The Morgan fingerprint density at radius 2 is 1.90 bits per heavy atom. The zero-order chi connectivity index (χ0) is 22.1. The van der Waals surface area contributed by atoms with Gasteiger partial charge in [-0.05, 0) is 62.1 Å². The lowest BCUT2D eigenvalue weighted by Crippen LogP contribution is -2.22. The quantitative estimate of drug-likeness (QED) is 0.143. The van der Waals surface area contributed by atoms with Crippen molar-refractivity contribution in [2.24, 2.45) is 5.41 Å². The van der Waals surface area contributed by atoms with E-state index in [9.17, 15) is 9.50 Å². The molecule has 164 valence electrons. The number of hydrogen-bond donors (Lipinski definition) is 1. The fourth-order valence-corrected chi connectivity index (χ4v) is 4.23. The number of nitrogens with zero attached hydrogens (tertiary/aromatic N) is 1. The number of hydrogen-bond acceptors (Lipinski definition) is 2. The highest BCUT2D eigenvalue weighted by Gasteiger charge is 2.17. The highest BCUT2D eigenvalue weighted by Crippen LogP contribution is 2.29. The Labute approximate surface area is 195 Å². The molecule has 2 unspecified atom stereocenters. The first-order valence-electron chi connectivity index (χ1n) is 10.9. The molecule has 0 radical (unpaired) electrons. The van der Waals surface area contributed by atoms with Crippen LogP contribution in [0.2, 0.25) is 0 Å². The summed E-state index contributed by atoms with van der Waals surface area (Å²) < 4.78 is 13.3. The molecule has 0 aliphatic heterocycles. The highest BCUT2D eigenvalue weighted by atomic mass is 127. The summed E-state index contributed by atoms with van der Waals surface area (Å²) >= 11 is 2.38. The molecule has 1 N–H and O–H groups in total. The molecule has 30 heavy (non-hydrogen) atoms. The standard InChI is InChI=1S/C26H35FINO/c1-5-26(3,4)17-19(2)8-6-7-9-23(28)25(30)16-20-10-12-21(13-11-20)24-15-14-22(27)18-29-24/h8,10-15,18,23,25,30H,5-7,9,16-17H2,1-4H3/b19-8+. The van der Waals surface area contributed by atoms with Gasteiger partial charge >= 0.3 is 0 Å². The molecule has 1 aromatic heterocycles. The van der Waals surface area contributed by atoms with Crippen molar-refractivity contribution < 1.29 is 9.50 Å². The molecular weight excluding hydrogens is 488 g/mol. The minimum Gasteiger partial charge on any atom is -0.392 e. The molecular formula is C26H35FINO. The van der Waals surface area contributed by atoms with Crippen LogP contribution < -0.4 is 0 Å². The SMILES string of the molecule is CCC(C)(C)C/C(C)=C/CCCC(I)C(O)Cc1ccc(-c2ccc(F)cn2)cc1. The summed E-state index contributed by atoms with van der Waals surface area (Å²) in [5, 5.41) is 10.6. The first-order chi connectivity index (χ1) is 14.2. The third-order valence-corrected chi connectivity index (χ3v) is 7.18. The molecule has 2 rings (SSSR count). The Morgan fingerprint density at radius 3 is 2.50 bits per heavy atom. The molecule has 0 amide bonds. The predicted octanol–water partition coefficient (Wildman–Crippen LogP) is 7.54. The fourth-order valence-electron chi connectivity index (χ4n) is 3.53. The maximum absolute atomic E-state index is 13.0. The average Bonchev–Trinajstić information content (AvgIpc) is 2.72. The molecule has 0 aliphatic rings. The van der Waals surface area contributed by atoms with Gasteiger partial charge in [0.05, 0.1) is 18.0 Å². The maximum atomic E-state index is 13.0. The Kier molecular flexibility index (Phi) is 9.95. The number of alkyl halides is 1. The normalized spacial score (nSPS) is 14.6. The number of benzene rings is 1. The van der Waals surface area contributed by atoms with Crippen LogP contribution >= 0.6 is 22.6 Å². The molecule has 0 aliphatic carbocycles. The summed E-state index contributed by atoms with van der Waals surface area (Å²) in [6, 6.07) is 11.1. The van der Waals surface area contributed by atoms with Crippen LogP contribution in [0.5, 0.6) is 0 Å². The van der Waals surface area contributed by atoms with Crippen LogP contribution in [0.4, 0.5) is 4.39 Å². The second-order valence-corrected chi connectivity index (χ2v) is 10.6. The lowest BCUT2D eigenvalue weighted by atomic mass is 9.83. The monoisotopic (exact) mass is 523 g/mol. The van der Waals surface area contributed by atoms with E-state index in [1.54, 1.807) is 6.07 Å². The fraction of sp³-hybridized carbons (Fsp3) is 0.500. The smallest absolute Gasteiger partial charge is 0.141 e. The number of aromatic nitrogens is 1. The summed E-state index contributed by atoms with van der Waals surface area (Å²) in [6.07, 6.45) is 9.44. The van der Waals surface area contributed by atoms with Gasteiger partial charge in [0.25, 0.3) is 0 Å². The van der Waals surface area contributed by atoms with Gasteiger partial charge in [0.15, 0.2) is 0 Å². The molecule has 0 spiro atoms. The number of aliphatic hydroxyl groups excluding tert-OH is 1. The summed E-state index contributed by atoms with van der Waals surface area (Å²) in [5.74, 6) is -0.331. The Morgan fingerprint density at radius 1 is 1.20 bits per heavy atom. The van der Waals surface area contributed by atoms with E-state index < -0.39 is 0 Å². The van der Waals surface area contributed by atoms with Crippen LogP contribution in [-0.4, -0.2) is 20.1 Å². The van der Waals surface area contributed by atoms with E-state index in [-0.39, 0.29) is 15.8 Å². The van der Waals surface area contributed by atoms with Crippen molar-refractivity contribution in [3.05, 3.63) is 65.6 Å². The van der Waals surface area contributed by atoms with E-state index in [0.717, 1.165) is 42.5 Å². The zero-order valence-electron chi connectivity index (χ0n) is 18.7. The first kappa shape index (κ1) is 25.0. The maximum Gasteiger partial charge on any atom is 0.141 e. The molecule has 0 saturated heterocycles. The van der Waals surface area contributed by atoms with E-state index in [1.807, 2.05) is 24.3 Å². The molecule has 2 aromatic rings. The topological polar surface area (TPSA) is 33.1 Å². The van der Waals surface area contributed by atoms with Crippen LogP contribution in [0.25, 0.3) is 11.3 Å². The van der Waals surface area contributed by atoms with Crippen molar-refractivity contribution in [1.82, 2.24) is 4.98 Å². The number of aliphatic hydroxyl groups is 1. The molecule has 0 fully saturated rings. The number of unbranched alkanes of at least 4 members (excludes halogenated alkanes) is 1. The van der Waals surface area contributed by atoms with Crippen LogP contribution in [0.3, 0.4) is 0 Å².